The van der Waals surface area contributed by atoms with Gasteiger partial charge in [0.1, 0.15) is 0 Å². The van der Waals surface area contributed by atoms with Crippen LogP contribution in [0.4, 0.5) is 4.79 Å². The van der Waals surface area contributed by atoms with E-state index in [1.54, 1.807) is 11.1 Å². The molecule has 2 N–H and O–H groups in total. The number of nitrogens with one attached hydrogen (secondary N) is 1. The first kappa shape index (κ1) is 16.5. The number of carbonyl (C=O) groups is 1. The summed E-state index contributed by atoms with van der Waals surface area (Å²) in [5.74, 6) is 0.216. The van der Waals surface area contributed by atoms with E-state index in [0.29, 0.717) is 19.6 Å². The van der Waals surface area contributed by atoms with E-state index in [0.717, 1.165) is 18.5 Å². The zero-order valence-corrected chi connectivity index (χ0v) is 12.7. The molecule has 2 amide bonds. The highest BCUT2D eigenvalue weighted by Crippen LogP contribution is 2.04. The maximum Gasteiger partial charge on any atom is 0.317 e. The Balaban J connectivity index is 2.42. The highest BCUT2D eigenvalue weighted by molar-refractivity contribution is 5.74. The van der Waals surface area contributed by atoms with Gasteiger partial charge < -0.3 is 15.3 Å². The van der Waals surface area contributed by atoms with Crippen molar-refractivity contribution < 1.29 is 9.90 Å². The number of urea groups is 1. The average molecular weight is 282 g/mol. The van der Waals surface area contributed by atoms with Gasteiger partial charge in [-0.3, -0.25) is 4.68 Å². The highest BCUT2D eigenvalue weighted by atomic mass is 16.3. The summed E-state index contributed by atoms with van der Waals surface area (Å²) in [7, 11) is 0. The minimum Gasteiger partial charge on any atom is -0.396 e. The minimum atomic E-state index is -0.0677. The number of amides is 2. The third-order valence-corrected chi connectivity index (χ3v) is 3.28. The molecule has 0 aliphatic carbocycles. The van der Waals surface area contributed by atoms with Crippen molar-refractivity contribution >= 4 is 6.03 Å². The molecule has 0 saturated carbocycles. The first-order valence-corrected chi connectivity index (χ1v) is 7.25. The molecule has 0 aliphatic rings. The normalized spacial score (nSPS) is 12.2. The van der Waals surface area contributed by atoms with E-state index in [4.69, 9.17) is 5.11 Å². The van der Waals surface area contributed by atoms with Gasteiger partial charge in [-0.1, -0.05) is 6.92 Å². The topological polar surface area (TPSA) is 70.4 Å². The molecule has 1 atom stereocenters. The van der Waals surface area contributed by atoms with E-state index >= 15 is 0 Å². The summed E-state index contributed by atoms with van der Waals surface area (Å²) >= 11 is 0. The number of rotatable bonds is 8. The van der Waals surface area contributed by atoms with Gasteiger partial charge in [0.05, 0.1) is 12.7 Å². The lowest BCUT2D eigenvalue weighted by atomic mass is 10.1. The Morgan fingerprint density at radius 1 is 1.55 bits per heavy atom. The summed E-state index contributed by atoms with van der Waals surface area (Å²) in [6.07, 6.45) is 4.55. The highest BCUT2D eigenvalue weighted by Gasteiger charge is 2.12. The number of carbonyl (C=O) groups excluding carboxylic acids is 1. The van der Waals surface area contributed by atoms with E-state index in [2.05, 4.69) is 10.4 Å². The third-order valence-electron chi connectivity index (χ3n) is 3.28. The second-order valence-corrected chi connectivity index (χ2v) is 5.03. The van der Waals surface area contributed by atoms with Crippen LogP contribution in [-0.2, 0) is 13.1 Å². The predicted octanol–water partition coefficient (Wildman–Crippen LogP) is 1.45. The maximum atomic E-state index is 12.0. The van der Waals surface area contributed by atoms with Crippen LogP contribution in [0.1, 0.15) is 32.8 Å². The van der Waals surface area contributed by atoms with Gasteiger partial charge in [0.25, 0.3) is 0 Å². The van der Waals surface area contributed by atoms with Crippen LogP contribution in [0.2, 0.25) is 0 Å². The Morgan fingerprint density at radius 2 is 2.30 bits per heavy atom. The van der Waals surface area contributed by atoms with Crippen LogP contribution in [0, 0.1) is 5.92 Å². The van der Waals surface area contributed by atoms with E-state index in [-0.39, 0.29) is 18.6 Å². The molecule has 114 valence electrons. The zero-order chi connectivity index (χ0) is 15.0. The number of nitrogens with zero attached hydrogens (tertiary/aromatic N) is 3. The Morgan fingerprint density at radius 3 is 2.85 bits per heavy atom. The largest absolute Gasteiger partial charge is 0.396 e. The standard InChI is InChI=1S/C14H26N4O2/c1-4-17(9-13-8-16-18(5-2)10-13)14(20)15-7-6-12(3)11-19/h8,10,12,19H,4-7,9,11H2,1-3H3,(H,15,20). The monoisotopic (exact) mass is 282 g/mol. The van der Waals surface area contributed by atoms with Gasteiger partial charge in [-0.2, -0.15) is 5.10 Å². The van der Waals surface area contributed by atoms with Crippen LogP contribution in [0.3, 0.4) is 0 Å². The molecular weight excluding hydrogens is 256 g/mol. The number of aliphatic hydroxyl groups excluding tert-OH is 1. The van der Waals surface area contributed by atoms with E-state index in [1.165, 1.54) is 0 Å². The van der Waals surface area contributed by atoms with Crippen LogP contribution < -0.4 is 5.32 Å². The van der Waals surface area contributed by atoms with Crippen molar-refractivity contribution in [3.05, 3.63) is 18.0 Å². The van der Waals surface area contributed by atoms with Crippen LogP contribution >= 0.6 is 0 Å². The average Bonchev–Trinajstić information content (AvgIpc) is 2.91. The fourth-order valence-electron chi connectivity index (χ4n) is 1.84. The fraction of sp³-hybridized carbons (Fsp3) is 0.714. The minimum absolute atomic E-state index is 0.0677. The lowest BCUT2D eigenvalue weighted by Crippen LogP contribution is -2.40. The van der Waals surface area contributed by atoms with E-state index in [1.807, 2.05) is 31.6 Å². The van der Waals surface area contributed by atoms with Crippen LogP contribution in [0.15, 0.2) is 12.4 Å². The molecule has 20 heavy (non-hydrogen) atoms. The fourth-order valence-corrected chi connectivity index (χ4v) is 1.84. The number of hydrogen-bond donors (Lipinski definition) is 2. The van der Waals surface area contributed by atoms with E-state index in [9.17, 15) is 4.79 Å². The molecule has 0 saturated heterocycles. The molecule has 0 spiro atoms. The first-order valence-electron chi connectivity index (χ1n) is 7.25. The van der Waals surface area contributed by atoms with Crippen molar-refractivity contribution in [1.29, 1.82) is 0 Å². The summed E-state index contributed by atoms with van der Waals surface area (Å²) in [4.78, 5) is 13.8. The molecule has 1 unspecified atom stereocenters. The molecule has 6 nitrogen and oxygen atoms in total. The van der Waals surface area contributed by atoms with Gasteiger partial charge in [-0.05, 0) is 26.2 Å². The molecule has 0 aromatic carbocycles. The third kappa shape index (κ3) is 5.21. The summed E-state index contributed by atoms with van der Waals surface area (Å²) in [5, 5.41) is 16.0. The van der Waals surface area contributed by atoms with Gasteiger partial charge >= 0.3 is 6.03 Å². The number of aryl methyl sites for hydroxylation is 1. The van der Waals surface area contributed by atoms with Gasteiger partial charge in [0, 0.05) is 38.0 Å². The van der Waals surface area contributed by atoms with Gasteiger partial charge in [-0.25, -0.2) is 4.79 Å². The Kier molecular flexibility index (Phi) is 7.08. The molecular formula is C14H26N4O2. The van der Waals surface area contributed by atoms with Crippen molar-refractivity contribution in [3.8, 4) is 0 Å². The van der Waals surface area contributed by atoms with Crippen molar-refractivity contribution in [2.24, 2.45) is 5.92 Å². The Labute approximate surface area is 120 Å². The van der Waals surface area contributed by atoms with Crippen molar-refractivity contribution in [3.63, 3.8) is 0 Å². The Hall–Kier alpha value is -1.56. The maximum absolute atomic E-state index is 12.0. The van der Waals surface area contributed by atoms with E-state index < -0.39 is 0 Å². The predicted molar refractivity (Wildman–Crippen MR) is 78.3 cm³/mol. The van der Waals surface area contributed by atoms with Crippen molar-refractivity contribution in [2.45, 2.75) is 40.3 Å². The quantitative estimate of drug-likeness (QED) is 0.758. The molecule has 0 radical (unpaired) electrons. The zero-order valence-electron chi connectivity index (χ0n) is 12.7. The molecule has 6 heteroatoms. The molecule has 0 bridgehead atoms. The Bertz CT molecular complexity index is 406. The summed E-state index contributed by atoms with van der Waals surface area (Å²) < 4.78 is 1.85. The second kappa shape index (κ2) is 8.58. The number of aliphatic hydroxyl groups is 1. The summed E-state index contributed by atoms with van der Waals surface area (Å²) in [6.45, 7) is 8.75. The smallest absolute Gasteiger partial charge is 0.317 e. The molecule has 1 heterocycles. The van der Waals surface area contributed by atoms with Crippen molar-refractivity contribution in [2.75, 3.05) is 19.7 Å². The van der Waals surface area contributed by atoms with Crippen molar-refractivity contribution in [1.82, 2.24) is 20.0 Å². The van der Waals surface area contributed by atoms with Gasteiger partial charge in [0.2, 0.25) is 0 Å². The first-order chi connectivity index (χ1) is 9.60. The molecule has 1 aromatic rings. The van der Waals surface area contributed by atoms with Crippen LogP contribution in [0.25, 0.3) is 0 Å². The summed E-state index contributed by atoms with van der Waals surface area (Å²) in [5.41, 5.74) is 1.03. The molecule has 0 aliphatic heterocycles. The van der Waals surface area contributed by atoms with Crippen LogP contribution in [0.5, 0.6) is 0 Å². The van der Waals surface area contributed by atoms with Gasteiger partial charge in [-0.15, -0.1) is 0 Å². The number of aromatic nitrogens is 2. The molecule has 0 fully saturated rings. The molecule has 1 rings (SSSR count). The second-order valence-electron chi connectivity index (χ2n) is 5.03. The lowest BCUT2D eigenvalue weighted by Gasteiger charge is -2.21. The van der Waals surface area contributed by atoms with Crippen LogP contribution in [-0.4, -0.2) is 45.5 Å². The number of hydrogen-bond acceptors (Lipinski definition) is 3. The lowest BCUT2D eigenvalue weighted by molar-refractivity contribution is 0.194. The summed E-state index contributed by atoms with van der Waals surface area (Å²) in [6, 6.07) is -0.0677. The molecule has 1 aromatic heterocycles. The SMILES string of the molecule is CCN(Cc1cnn(CC)c1)C(=O)NCCC(C)CO. The van der Waals surface area contributed by atoms with Gasteiger partial charge in [0.15, 0.2) is 0 Å².